The summed E-state index contributed by atoms with van der Waals surface area (Å²) in [5.74, 6) is 0. The Morgan fingerprint density at radius 3 is 1.33 bits per heavy atom. The van der Waals surface area contributed by atoms with Crippen LogP contribution in [0.1, 0.15) is 22.8 Å². The van der Waals surface area contributed by atoms with Gasteiger partial charge in [-0.15, -0.1) is 0 Å². The third-order valence-corrected chi connectivity index (χ3v) is 5.71. The van der Waals surface area contributed by atoms with Crippen molar-refractivity contribution in [3.63, 3.8) is 0 Å². The summed E-state index contributed by atoms with van der Waals surface area (Å²) in [4.78, 5) is 16.0. The van der Waals surface area contributed by atoms with Gasteiger partial charge in [-0.25, -0.2) is 9.97 Å². The van der Waals surface area contributed by atoms with Gasteiger partial charge in [-0.05, 0) is 72.8 Å². The van der Waals surface area contributed by atoms with Gasteiger partial charge in [0.15, 0.2) is 0 Å². The zero-order valence-corrected chi connectivity index (χ0v) is 19.0. The molecule has 0 amide bonds. The number of hydrogen-bond donors (Lipinski definition) is 2. The maximum atomic E-state index is 4.90. The van der Waals surface area contributed by atoms with Crippen LogP contribution in [0.3, 0.4) is 0 Å². The minimum atomic E-state index is 0.939. The van der Waals surface area contributed by atoms with Crippen molar-refractivity contribution in [2.75, 3.05) is 7.11 Å². The number of benzene rings is 1. The van der Waals surface area contributed by atoms with Crippen LogP contribution in [-0.4, -0.2) is 27.0 Å². The van der Waals surface area contributed by atoms with E-state index in [1.54, 1.807) is 7.11 Å². The average molecular weight is 477 g/mol. The second-order valence-corrected chi connectivity index (χ2v) is 8.62. The monoisotopic (exact) mass is 477 g/mol. The van der Waals surface area contributed by atoms with Crippen LogP contribution in [-0.2, 0) is 18.9 Å². The number of nitrogens with one attached hydrogen (secondary N) is 2. The normalized spacial score (nSPS) is 11.9. The fourth-order valence-corrected chi connectivity index (χ4v) is 4.06. The van der Waals surface area contributed by atoms with Crippen LogP contribution in [0.4, 0.5) is 0 Å². The van der Waals surface area contributed by atoms with E-state index in [1.165, 1.54) is 4.50 Å². The molecule has 0 atom stereocenters. The molecule has 0 unspecified atom stereocenters. The predicted octanol–water partition coefficient (Wildman–Crippen LogP) is 5.61. The molecule has 3 aromatic heterocycles. The van der Waals surface area contributed by atoms with Crippen LogP contribution in [0.25, 0.3) is 46.4 Å². The summed E-state index contributed by atoms with van der Waals surface area (Å²) >= 11 is 0.959. The van der Waals surface area contributed by atoms with Crippen LogP contribution in [0.2, 0.25) is 0 Å². The van der Waals surface area contributed by atoms with E-state index in [-0.39, 0.29) is 0 Å². The summed E-state index contributed by atoms with van der Waals surface area (Å²) < 4.78 is 6.09. The molecule has 4 aromatic rings. The van der Waals surface area contributed by atoms with E-state index in [0.717, 1.165) is 59.9 Å². The Labute approximate surface area is 198 Å². The second kappa shape index (κ2) is 9.83. The number of rotatable bonds is 2. The van der Waals surface area contributed by atoms with Gasteiger partial charge in [-0.2, -0.15) is 0 Å². The molecule has 0 spiro atoms. The van der Waals surface area contributed by atoms with Gasteiger partial charge < -0.3 is 9.97 Å². The molecule has 0 saturated heterocycles. The summed E-state index contributed by atoms with van der Waals surface area (Å²) in [6.07, 6.45) is 8.09. The quantitative estimate of drug-likeness (QED) is 0.341. The molecule has 8 bridgehead atoms. The van der Waals surface area contributed by atoms with E-state index in [9.17, 15) is 0 Å². The van der Waals surface area contributed by atoms with Gasteiger partial charge in [-0.1, -0.05) is 0 Å². The molecule has 0 saturated carbocycles. The summed E-state index contributed by atoms with van der Waals surface area (Å²) in [5, 5.41) is 0. The van der Waals surface area contributed by atoms with Crippen molar-refractivity contribution in [2.24, 2.45) is 0 Å². The Hall–Kier alpha value is -3.71. The molecule has 0 fully saturated rings. The Morgan fingerprint density at radius 2 is 0.970 bits per heavy atom. The molecule has 1 aromatic carbocycles. The van der Waals surface area contributed by atoms with E-state index < -0.39 is 0 Å². The van der Waals surface area contributed by atoms with Gasteiger partial charge in [0.25, 0.3) is 0 Å². The van der Waals surface area contributed by atoms with E-state index in [2.05, 4.69) is 44.2 Å². The molecular formula is C27H22CoN4O. The molecule has 5 heterocycles. The Balaban J connectivity index is 0.000000215. The molecule has 165 valence electrons. The fourth-order valence-electron chi connectivity index (χ4n) is 3.47. The number of aromatic nitrogens is 4. The molecule has 33 heavy (non-hydrogen) atoms. The van der Waals surface area contributed by atoms with Gasteiger partial charge in [0.05, 0.1) is 22.8 Å². The summed E-state index contributed by atoms with van der Waals surface area (Å²) in [6, 6.07) is 26.4. The molecule has 0 radical (unpaired) electrons. The molecule has 2 aliphatic rings. The van der Waals surface area contributed by atoms with Gasteiger partial charge >= 0.3 is 60.8 Å². The van der Waals surface area contributed by atoms with Crippen molar-refractivity contribution in [3.05, 3.63) is 102 Å². The van der Waals surface area contributed by atoms with E-state index >= 15 is 0 Å². The van der Waals surface area contributed by atoms with Gasteiger partial charge in [0.1, 0.15) is 0 Å². The first-order chi connectivity index (χ1) is 16.2. The molecule has 5 nitrogen and oxygen atoms in total. The maximum absolute atomic E-state index is 4.90. The van der Waals surface area contributed by atoms with Crippen molar-refractivity contribution in [1.29, 1.82) is 0 Å². The first kappa shape index (κ1) is 21.1. The van der Waals surface area contributed by atoms with E-state index in [0.29, 0.717) is 0 Å². The van der Waals surface area contributed by atoms with Crippen LogP contribution in [0.5, 0.6) is 0 Å². The Bertz CT molecular complexity index is 1310. The average Bonchev–Trinajstić information content (AvgIpc) is 3.61. The van der Waals surface area contributed by atoms with Crippen LogP contribution >= 0.6 is 0 Å². The van der Waals surface area contributed by atoms with E-state index in [4.69, 9.17) is 3.85 Å². The zero-order valence-electron chi connectivity index (χ0n) is 18.0. The number of fused-ring (bicyclic) bond motifs is 8. The topological polar surface area (TPSA) is 66.6 Å². The fraction of sp³-hybridized carbons (Fsp3) is 0.0370. The molecule has 0 aliphatic carbocycles. The van der Waals surface area contributed by atoms with Crippen molar-refractivity contribution in [3.8, 4) is 0 Å². The summed E-state index contributed by atoms with van der Waals surface area (Å²) in [7, 11) is 1.69. The van der Waals surface area contributed by atoms with Gasteiger partial charge in [-0.3, -0.25) is 0 Å². The standard InChI is InChI=1S/C20H14N4.C6H5.CH3O.Co/c1-2-14-10-16-5-6-18(23-16)12-20-8-7-19(24-20)11-17-4-3-15(22-17)9-13(1)21-14;1-2-4-6-5-3-1;1-2;/h1-12,21,24H;1-5H;1H3;/q;;-1;+1. The molecular weight excluding hydrogens is 455 g/mol. The third kappa shape index (κ3) is 5.56. The SMILES string of the molecule is C1=Cc2cc3ccc(cc4nc(cc5ccc(cc1n2)[nH]5)C=C4)[nH]3.C[O][Co][c]1ccccc1. The van der Waals surface area contributed by atoms with Gasteiger partial charge in [0.2, 0.25) is 0 Å². The second-order valence-electron chi connectivity index (χ2n) is 7.38. The predicted molar refractivity (Wildman–Crippen MR) is 132 cm³/mol. The molecule has 6 heteroatoms. The van der Waals surface area contributed by atoms with Crippen LogP contribution in [0, 0.1) is 0 Å². The number of aromatic amines is 2. The van der Waals surface area contributed by atoms with E-state index in [1.807, 2.05) is 78.9 Å². The molecule has 6 rings (SSSR count). The summed E-state index contributed by atoms with van der Waals surface area (Å²) in [5.41, 5.74) is 7.86. The van der Waals surface area contributed by atoms with Crippen molar-refractivity contribution < 1.29 is 18.9 Å². The Morgan fingerprint density at radius 1 is 0.576 bits per heavy atom. The van der Waals surface area contributed by atoms with Crippen molar-refractivity contribution in [1.82, 2.24) is 19.9 Å². The van der Waals surface area contributed by atoms with Crippen molar-refractivity contribution >= 4 is 50.9 Å². The third-order valence-electron chi connectivity index (χ3n) is 4.91. The van der Waals surface area contributed by atoms with Crippen LogP contribution < -0.4 is 4.50 Å². The number of nitrogens with zero attached hydrogens (tertiary/aromatic N) is 2. The van der Waals surface area contributed by atoms with Crippen molar-refractivity contribution in [2.45, 2.75) is 0 Å². The first-order valence-electron chi connectivity index (χ1n) is 10.5. The Kier molecular flexibility index (Phi) is 6.30. The zero-order chi connectivity index (χ0) is 22.5. The van der Waals surface area contributed by atoms with Gasteiger partial charge in [0, 0.05) is 22.1 Å². The molecule has 2 aliphatic heterocycles. The summed E-state index contributed by atoms with van der Waals surface area (Å²) in [6.45, 7) is 0. The number of hydrogen-bond acceptors (Lipinski definition) is 3. The molecule has 2 N–H and O–H groups in total. The van der Waals surface area contributed by atoms with Crippen LogP contribution in [0.15, 0.2) is 78.9 Å². The first-order valence-corrected chi connectivity index (χ1v) is 11.4. The minimum absolute atomic E-state index is 0.939. The number of H-pyrrole nitrogens is 2.